The summed E-state index contributed by atoms with van der Waals surface area (Å²) in [7, 11) is 0. The molecule has 0 unspecified atom stereocenters. The summed E-state index contributed by atoms with van der Waals surface area (Å²) in [5.74, 6) is -0.0328. The Morgan fingerprint density at radius 2 is 1.69 bits per heavy atom. The molecule has 0 spiro atoms. The van der Waals surface area contributed by atoms with Crippen LogP contribution in [0.4, 0.5) is 11.4 Å². The van der Waals surface area contributed by atoms with E-state index >= 15 is 0 Å². The van der Waals surface area contributed by atoms with Gasteiger partial charge < -0.3 is 15.0 Å². The number of ether oxygens (including phenoxy) is 1. The zero-order valence-corrected chi connectivity index (χ0v) is 15.0. The van der Waals surface area contributed by atoms with E-state index in [1.54, 1.807) is 0 Å². The Bertz CT molecular complexity index is 738. The molecule has 0 saturated carbocycles. The fourth-order valence-electron chi connectivity index (χ4n) is 3.27. The number of carbonyl (C=O) groups is 2. The lowest BCUT2D eigenvalue weighted by atomic mass is 10.0. The molecule has 26 heavy (non-hydrogen) atoms. The summed E-state index contributed by atoms with van der Waals surface area (Å²) >= 11 is 0. The van der Waals surface area contributed by atoms with Crippen molar-refractivity contribution >= 4 is 23.2 Å². The van der Waals surface area contributed by atoms with E-state index in [4.69, 9.17) is 4.74 Å². The van der Waals surface area contributed by atoms with Gasteiger partial charge in [0.2, 0.25) is 11.8 Å². The molecule has 136 valence electrons. The first-order valence-electron chi connectivity index (χ1n) is 8.95. The molecule has 0 aromatic heterocycles. The van der Waals surface area contributed by atoms with E-state index in [2.05, 4.69) is 5.32 Å². The lowest BCUT2D eigenvalue weighted by molar-refractivity contribution is -0.119. The Morgan fingerprint density at radius 3 is 2.31 bits per heavy atom. The first-order valence-corrected chi connectivity index (χ1v) is 8.95. The fraction of sp³-hybridized carbons (Fsp3) is 0.333. The second kappa shape index (κ2) is 8.63. The molecule has 0 radical (unpaired) electrons. The van der Waals surface area contributed by atoms with Gasteiger partial charge in [0.05, 0.1) is 6.42 Å². The maximum absolute atomic E-state index is 13.1. The van der Waals surface area contributed by atoms with Crippen LogP contribution in [0.3, 0.4) is 0 Å². The van der Waals surface area contributed by atoms with Crippen molar-refractivity contribution in [2.24, 2.45) is 0 Å². The topological polar surface area (TPSA) is 58.6 Å². The van der Waals surface area contributed by atoms with Crippen molar-refractivity contribution < 1.29 is 14.3 Å². The number of hydrogen-bond donors (Lipinski definition) is 1. The standard InChI is InChI=1S/C21H24N2O3/c1-16(24)22-18-7-9-19(10-8-18)23(20-11-13-26-14-12-20)21(25)15-17-5-3-2-4-6-17/h2-10,20H,11-15H2,1H3,(H,22,24). The van der Waals surface area contributed by atoms with Crippen LogP contribution in [0.1, 0.15) is 25.3 Å². The first-order chi connectivity index (χ1) is 12.6. The Morgan fingerprint density at radius 1 is 1.04 bits per heavy atom. The molecule has 1 aliphatic heterocycles. The minimum absolute atomic E-state index is 0.0791. The molecule has 1 saturated heterocycles. The molecule has 1 heterocycles. The molecule has 5 nitrogen and oxygen atoms in total. The normalized spacial score (nSPS) is 14.7. The predicted molar refractivity (Wildman–Crippen MR) is 102 cm³/mol. The highest BCUT2D eigenvalue weighted by Gasteiger charge is 2.27. The fourth-order valence-corrected chi connectivity index (χ4v) is 3.27. The first kappa shape index (κ1) is 18.1. The molecule has 1 aliphatic rings. The number of nitrogens with one attached hydrogen (secondary N) is 1. The van der Waals surface area contributed by atoms with Crippen molar-refractivity contribution in [1.29, 1.82) is 0 Å². The van der Waals surface area contributed by atoms with Gasteiger partial charge in [-0.3, -0.25) is 9.59 Å². The van der Waals surface area contributed by atoms with Crippen molar-refractivity contribution in [3.63, 3.8) is 0 Å². The molecule has 1 fully saturated rings. The number of hydrogen-bond acceptors (Lipinski definition) is 3. The SMILES string of the molecule is CC(=O)Nc1ccc(N(C(=O)Cc2ccccc2)C2CCOCC2)cc1. The van der Waals surface area contributed by atoms with Gasteiger partial charge in [0.15, 0.2) is 0 Å². The molecule has 0 aliphatic carbocycles. The maximum Gasteiger partial charge on any atom is 0.231 e. The summed E-state index contributed by atoms with van der Waals surface area (Å²) in [6, 6.07) is 17.4. The molecule has 2 aromatic carbocycles. The van der Waals surface area contributed by atoms with Gasteiger partial charge in [0.25, 0.3) is 0 Å². The number of amides is 2. The van der Waals surface area contributed by atoms with Crippen LogP contribution in [0.5, 0.6) is 0 Å². The van der Waals surface area contributed by atoms with Gasteiger partial charge in [-0.1, -0.05) is 30.3 Å². The highest BCUT2D eigenvalue weighted by Crippen LogP contribution is 2.25. The average molecular weight is 352 g/mol. The number of anilines is 2. The molecular weight excluding hydrogens is 328 g/mol. The monoisotopic (exact) mass is 352 g/mol. The number of carbonyl (C=O) groups excluding carboxylic acids is 2. The third-order valence-corrected chi connectivity index (χ3v) is 4.49. The van der Waals surface area contributed by atoms with E-state index in [1.807, 2.05) is 59.5 Å². The molecular formula is C21H24N2O3. The van der Waals surface area contributed by atoms with Crippen LogP contribution >= 0.6 is 0 Å². The van der Waals surface area contributed by atoms with Gasteiger partial charge in [-0.2, -0.15) is 0 Å². The second-order valence-electron chi connectivity index (χ2n) is 6.50. The van der Waals surface area contributed by atoms with Crippen LogP contribution < -0.4 is 10.2 Å². The van der Waals surface area contributed by atoms with Crippen molar-refractivity contribution in [2.75, 3.05) is 23.4 Å². The van der Waals surface area contributed by atoms with E-state index in [0.717, 1.165) is 29.8 Å². The summed E-state index contributed by atoms with van der Waals surface area (Å²) in [6.07, 6.45) is 2.02. The largest absolute Gasteiger partial charge is 0.381 e. The van der Waals surface area contributed by atoms with Gasteiger partial charge in [0.1, 0.15) is 0 Å². The zero-order valence-electron chi connectivity index (χ0n) is 15.0. The van der Waals surface area contributed by atoms with E-state index in [9.17, 15) is 9.59 Å². The summed E-state index contributed by atoms with van der Waals surface area (Å²) in [4.78, 5) is 26.2. The highest BCUT2D eigenvalue weighted by atomic mass is 16.5. The van der Waals surface area contributed by atoms with Gasteiger partial charge >= 0.3 is 0 Å². The maximum atomic E-state index is 13.1. The smallest absolute Gasteiger partial charge is 0.231 e. The van der Waals surface area contributed by atoms with Gasteiger partial charge in [0, 0.05) is 37.6 Å². The summed E-state index contributed by atoms with van der Waals surface area (Å²) in [5, 5.41) is 2.76. The molecule has 2 aromatic rings. The quantitative estimate of drug-likeness (QED) is 0.897. The number of benzene rings is 2. The van der Waals surface area contributed by atoms with Crippen LogP contribution in [0, 0.1) is 0 Å². The van der Waals surface area contributed by atoms with E-state index in [1.165, 1.54) is 6.92 Å². The molecule has 3 rings (SSSR count). The van der Waals surface area contributed by atoms with Gasteiger partial charge in [-0.05, 0) is 42.7 Å². The van der Waals surface area contributed by atoms with Crippen molar-refractivity contribution in [3.8, 4) is 0 Å². The van der Waals surface area contributed by atoms with Crippen molar-refractivity contribution in [2.45, 2.75) is 32.2 Å². The average Bonchev–Trinajstić information content (AvgIpc) is 2.65. The minimum atomic E-state index is -0.112. The number of rotatable bonds is 5. The van der Waals surface area contributed by atoms with E-state index in [-0.39, 0.29) is 17.9 Å². The zero-order chi connectivity index (χ0) is 18.4. The van der Waals surface area contributed by atoms with Crippen LogP contribution in [-0.4, -0.2) is 31.1 Å². The molecule has 1 N–H and O–H groups in total. The van der Waals surface area contributed by atoms with Crippen LogP contribution in [0.2, 0.25) is 0 Å². The Kier molecular flexibility index (Phi) is 6.02. The lowest BCUT2D eigenvalue weighted by Gasteiger charge is -2.34. The van der Waals surface area contributed by atoms with Crippen LogP contribution in [0.15, 0.2) is 54.6 Å². The lowest BCUT2D eigenvalue weighted by Crippen LogP contribution is -2.44. The highest BCUT2D eigenvalue weighted by molar-refractivity contribution is 5.96. The predicted octanol–water partition coefficient (Wildman–Crippen LogP) is 3.40. The number of nitrogens with zero attached hydrogens (tertiary/aromatic N) is 1. The summed E-state index contributed by atoms with van der Waals surface area (Å²) in [6.45, 7) is 2.82. The molecule has 0 atom stereocenters. The second-order valence-corrected chi connectivity index (χ2v) is 6.50. The Hall–Kier alpha value is -2.66. The minimum Gasteiger partial charge on any atom is -0.381 e. The third kappa shape index (κ3) is 4.70. The van der Waals surface area contributed by atoms with Gasteiger partial charge in [-0.15, -0.1) is 0 Å². The Balaban J connectivity index is 1.82. The van der Waals surface area contributed by atoms with E-state index in [0.29, 0.717) is 19.6 Å². The van der Waals surface area contributed by atoms with Crippen LogP contribution in [0.25, 0.3) is 0 Å². The third-order valence-electron chi connectivity index (χ3n) is 4.49. The summed E-state index contributed by atoms with van der Waals surface area (Å²) < 4.78 is 5.46. The van der Waals surface area contributed by atoms with Gasteiger partial charge in [-0.25, -0.2) is 0 Å². The van der Waals surface area contributed by atoms with Crippen molar-refractivity contribution in [3.05, 3.63) is 60.2 Å². The van der Waals surface area contributed by atoms with E-state index < -0.39 is 0 Å². The summed E-state index contributed by atoms with van der Waals surface area (Å²) in [5.41, 5.74) is 2.58. The molecule has 2 amide bonds. The van der Waals surface area contributed by atoms with Crippen LogP contribution in [-0.2, 0) is 20.7 Å². The molecule has 0 bridgehead atoms. The van der Waals surface area contributed by atoms with Crippen molar-refractivity contribution in [1.82, 2.24) is 0 Å². The molecule has 5 heteroatoms. The Labute approximate surface area is 154 Å².